The summed E-state index contributed by atoms with van der Waals surface area (Å²) < 4.78 is 6.10. The second-order valence-corrected chi connectivity index (χ2v) is 7.94. The topological polar surface area (TPSA) is 60.3 Å². The zero-order valence-electron chi connectivity index (χ0n) is 18.0. The van der Waals surface area contributed by atoms with Gasteiger partial charge in [0.05, 0.1) is 30.9 Å². The molecule has 2 N–H and O–H groups in total. The van der Waals surface area contributed by atoms with E-state index in [1.165, 1.54) is 5.56 Å². The molecular weight excluding hydrogens is 479 g/mol. The maximum atomic E-state index is 10.6. The van der Waals surface area contributed by atoms with Crippen LogP contribution in [0.4, 0.5) is 0 Å². The lowest BCUT2D eigenvalue weighted by Gasteiger charge is -2.36. The molecule has 0 saturated carbocycles. The van der Waals surface area contributed by atoms with E-state index in [0.717, 1.165) is 45.3 Å². The lowest BCUT2D eigenvalue weighted by Crippen LogP contribution is -2.50. The van der Waals surface area contributed by atoms with Crippen molar-refractivity contribution in [1.29, 1.82) is 0 Å². The van der Waals surface area contributed by atoms with E-state index in [4.69, 9.17) is 9.73 Å². The lowest BCUT2D eigenvalue weighted by atomic mass is 9.98. The van der Waals surface area contributed by atoms with E-state index in [1.807, 2.05) is 13.8 Å². The van der Waals surface area contributed by atoms with Crippen LogP contribution in [0.3, 0.4) is 0 Å². The zero-order chi connectivity index (χ0) is 20.0. The maximum absolute atomic E-state index is 10.6. The van der Waals surface area contributed by atoms with Gasteiger partial charge in [0.25, 0.3) is 0 Å². The van der Waals surface area contributed by atoms with Crippen molar-refractivity contribution < 1.29 is 9.84 Å². The third-order valence-electron chi connectivity index (χ3n) is 6.12. The summed E-state index contributed by atoms with van der Waals surface area (Å²) in [4.78, 5) is 9.63. The number of hydrogen-bond donors (Lipinski definition) is 2. The van der Waals surface area contributed by atoms with Gasteiger partial charge in [-0.1, -0.05) is 44.2 Å². The Morgan fingerprint density at radius 1 is 1.21 bits per heavy atom. The van der Waals surface area contributed by atoms with Gasteiger partial charge in [-0.2, -0.15) is 0 Å². The standard InChI is InChI=1S/C22H36N4O2.HI/c1-4-22(27,5-2)17-24-21(23-6-3)26-15-19-20(16-26)28-13-12-25(19)14-18-10-8-7-9-11-18;/h7-11,19-20,27H,4-6,12-17H2,1-3H3,(H,23,24);1H. The molecule has 0 radical (unpaired) electrons. The Kier molecular flexibility index (Phi) is 9.65. The van der Waals surface area contributed by atoms with Crippen LogP contribution in [0.2, 0.25) is 0 Å². The molecule has 2 heterocycles. The summed E-state index contributed by atoms with van der Waals surface area (Å²) in [6.07, 6.45) is 1.63. The van der Waals surface area contributed by atoms with Crippen molar-refractivity contribution in [2.45, 2.75) is 57.9 Å². The van der Waals surface area contributed by atoms with Crippen LogP contribution in [0.5, 0.6) is 0 Å². The molecule has 1 aromatic carbocycles. The molecule has 2 fully saturated rings. The highest BCUT2D eigenvalue weighted by Gasteiger charge is 2.41. The molecule has 7 heteroatoms. The first kappa shape index (κ1) is 24.4. The van der Waals surface area contributed by atoms with Crippen LogP contribution in [0, 0.1) is 0 Å². The fourth-order valence-electron chi connectivity index (χ4n) is 4.07. The van der Waals surface area contributed by atoms with Crippen LogP contribution in [-0.4, -0.2) is 77.9 Å². The van der Waals surface area contributed by atoms with Crippen molar-refractivity contribution in [2.75, 3.05) is 39.3 Å². The summed E-state index contributed by atoms with van der Waals surface area (Å²) in [7, 11) is 0. The van der Waals surface area contributed by atoms with Gasteiger partial charge in [-0.3, -0.25) is 9.89 Å². The van der Waals surface area contributed by atoms with Gasteiger partial charge in [0.15, 0.2) is 5.96 Å². The third-order valence-corrected chi connectivity index (χ3v) is 6.12. The van der Waals surface area contributed by atoms with Crippen molar-refractivity contribution in [3.8, 4) is 0 Å². The monoisotopic (exact) mass is 516 g/mol. The van der Waals surface area contributed by atoms with Gasteiger partial charge in [0, 0.05) is 32.7 Å². The highest BCUT2D eigenvalue weighted by Crippen LogP contribution is 2.25. The zero-order valence-corrected chi connectivity index (χ0v) is 20.3. The Hall–Kier alpha value is -0.900. The predicted molar refractivity (Wildman–Crippen MR) is 129 cm³/mol. The number of nitrogens with zero attached hydrogens (tertiary/aromatic N) is 3. The number of guanidine groups is 1. The molecule has 2 unspecified atom stereocenters. The number of aliphatic hydroxyl groups is 1. The van der Waals surface area contributed by atoms with Crippen molar-refractivity contribution in [1.82, 2.24) is 15.1 Å². The summed E-state index contributed by atoms with van der Waals surface area (Å²) >= 11 is 0. The van der Waals surface area contributed by atoms with Gasteiger partial charge < -0.3 is 20.1 Å². The molecule has 2 saturated heterocycles. The number of aliphatic imine (C=N–C) groups is 1. The van der Waals surface area contributed by atoms with Gasteiger partial charge in [0.2, 0.25) is 0 Å². The number of likely N-dealkylation sites (tertiary alicyclic amines) is 1. The van der Waals surface area contributed by atoms with E-state index in [0.29, 0.717) is 25.4 Å². The van der Waals surface area contributed by atoms with Gasteiger partial charge in [0.1, 0.15) is 0 Å². The largest absolute Gasteiger partial charge is 0.388 e. The Balaban J connectivity index is 0.00000300. The second-order valence-electron chi connectivity index (χ2n) is 7.94. The van der Waals surface area contributed by atoms with Gasteiger partial charge in [-0.25, -0.2) is 0 Å². The quantitative estimate of drug-likeness (QED) is 0.332. The van der Waals surface area contributed by atoms with Crippen molar-refractivity contribution in [3.63, 3.8) is 0 Å². The number of rotatable bonds is 7. The van der Waals surface area contributed by atoms with Gasteiger partial charge in [-0.05, 0) is 25.3 Å². The van der Waals surface area contributed by atoms with Crippen molar-refractivity contribution >= 4 is 29.9 Å². The molecule has 29 heavy (non-hydrogen) atoms. The fourth-order valence-corrected chi connectivity index (χ4v) is 4.07. The van der Waals surface area contributed by atoms with Crippen molar-refractivity contribution in [2.24, 2.45) is 4.99 Å². The number of fused-ring (bicyclic) bond motifs is 1. The number of hydrogen-bond acceptors (Lipinski definition) is 4. The molecule has 1 aromatic rings. The Bertz CT molecular complexity index is 639. The normalized spacial score (nSPS) is 22.9. The van der Waals surface area contributed by atoms with Crippen LogP contribution < -0.4 is 5.32 Å². The molecule has 0 amide bonds. The Morgan fingerprint density at radius 3 is 2.59 bits per heavy atom. The fraction of sp³-hybridized carbons (Fsp3) is 0.682. The molecule has 3 rings (SSSR count). The van der Waals surface area contributed by atoms with E-state index < -0.39 is 5.60 Å². The summed E-state index contributed by atoms with van der Waals surface area (Å²) in [5.74, 6) is 0.889. The minimum absolute atomic E-state index is 0. The van der Waals surface area contributed by atoms with E-state index in [-0.39, 0.29) is 30.1 Å². The smallest absolute Gasteiger partial charge is 0.194 e. The molecule has 0 aromatic heterocycles. The van der Waals surface area contributed by atoms with E-state index in [1.54, 1.807) is 0 Å². The van der Waals surface area contributed by atoms with Crippen LogP contribution in [-0.2, 0) is 11.3 Å². The Morgan fingerprint density at radius 2 is 1.93 bits per heavy atom. The molecule has 164 valence electrons. The number of benzene rings is 1. The van der Waals surface area contributed by atoms with E-state index >= 15 is 0 Å². The predicted octanol–water partition coefficient (Wildman–Crippen LogP) is 2.71. The van der Waals surface area contributed by atoms with Crippen molar-refractivity contribution in [3.05, 3.63) is 35.9 Å². The first-order valence-electron chi connectivity index (χ1n) is 10.7. The molecular formula is C22H37IN4O2. The third kappa shape index (κ3) is 6.29. The second kappa shape index (κ2) is 11.5. The minimum atomic E-state index is -0.719. The van der Waals surface area contributed by atoms with Crippen LogP contribution >= 0.6 is 24.0 Å². The molecule has 2 aliphatic heterocycles. The first-order chi connectivity index (χ1) is 13.6. The molecule has 0 aliphatic carbocycles. The van der Waals surface area contributed by atoms with Crippen LogP contribution in [0.25, 0.3) is 0 Å². The highest BCUT2D eigenvalue weighted by atomic mass is 127. The van der Waals surface area contributed by atoms with E-state index in [9.17, 15) is 5.11 Å². The maximum Gasteiger partial charge on any atom is 0.194 e. The summed E-state index contributed by atoms with van der Waals surface area (Å²) in [6, 6.07) is 11.0. The Labute approximate surface area is 192 Å². The average Bonchev–Trinajstić information content (AvgIpc) is 3.17. The summed E-state index contributed by atoms with van der Waals surface area (Å²) in [5, 5.41) is 14.0. The summed E-state index contributed by atoms with van der Waals surface area (Å²) in [6.45, 7) is 11.8. The van der Waals surface area contributed by atoms with Gasteiger partial charge >= 0.3 is 0 Å². The molecule has 2 aliphatic rings. The van der Waals surface area contributed by atoms with Crippen LogP contribution in [0.15, 0.2) is 35.3 Å². The minimum Gasteiger partial charge on any atom is -0.388 e. The first-order valence-corrected chi connectivity index (χ1v) is 10.7. The SMILES string of the molecule is CCNC(=NCC(O)(CC)CC)N1CC2OCCN(Cc3ccccc3)C2C1.I. The number of halogens is 1. The van der Waals surface area contributed by atoms with Crippen LogP contribution in [0.1, 0.15) is 39.2 Å². The van der Waals surface area contributed by atoms with Gasteiger partial charge in [-0.15, -0.1) is 24.0 Å². The average molecular weight is 516 g/mol. The molecule has 6 nitrogen and oxygen atoms in total. The number of ether oxygens (including phenoxy) is 1. The molecule has 0 bridgehead atoms. The highest BCUT2D eigenvalue weighted by molar-refractivity contribution is 14.0. The number of nitrogens with one attached hydrogen (secondary N) is 1. The molecule has 2 atom stereocenters. The lowest BCUT2D eigenvalue weighted by molar-refractivity contribution is -0.0502. The summed E-state index contributed by atoms with van der Waals surface area (Å²) in [5.41, 5.74) is 0.626. The molecule has 0 spiro atoms. The number of morpholine rings is 1. The van der Waals surface area contributed by atoms with E-state index in [2.05, 4.69) is 52.4 Å².